The molecule has 1 rings (SSSR count). The molecule has 1 heteroatoms. The number of hydrogen-bond donors (Lipinski definition) is 1. The van der Waals surface area contributed by atoms with E-state index in [1.165, 1.54) is 11.1 Å². The Hall–Kier alpha value is -1.24. The molecule has 0 atom stereocenters. The second kappa shape index (κ2) is 4.60. The van der Waals surface area contributed by atoms with Gasteiger partial charge in [-0.15, -0.1) is 0 Å². The average Bonchev–Trinajstić information content (AvgIpc) is 2.15. The summed E-state index contributed by atoms with van der Waals surface area (Å²) in [5, 5.41) is 0. The van der Waals surface area contributed by atoms with E-state index in [-0.39, 0.29) is 0 Å². The molecule has 0 saturated heterocycles. The molecule has 12 heavy (non-hydrogen) atoms. The quantitative estimate of drug-likeness (QED) is 0.662. The summed E-state index contributed by atoms with van der Waals surface area (Å²) < 4.78 is 0. The van der Waals surface area contributed by atoms with Crippen LogP contribution in [0.5, 0.6) is 0 Å². The van der Waals surface area contributed by atoms with Crippen molar-refractivity contribution >= 4 is 0 Å². The van der Waals surface area contributed by atoms with Gasteiger partial charge in [-0.1, -0.05) is 31.2 Å². The number of rotatable bonds is 2. The van der Waals surface area contributed by atoms with Crippen molar-refractivity contribution in [2.24, 2.45) is 5.73 Å². The fraction of sp³-hybridized carbons (Fsp3) is 0.273. The number of allylic oxidation sites excluding steroid dienone is 7. The summed E-state index contributed by atoms with van der Waals surface area (Å²) in [5.74, 6) is 0. The smallest absolute Gasteiger partial charge is 0.00595 e. The molecule has 64 valence electrons. The van der Waals surface area contributed by atoms with Gasteiger partial charge in [0.1, 0.15) is 0 Å². The van der Waals surface area contributed by atoms with Crippen molar-refractivity contribution in [2.45, 2.75) is 19.8 Å². The maximum absolute atomic E-state index is 5.35. The first-order valence-corrected chi connectivity index (χ1v) is 4.32. The van der Waals surface area contributed by atoms with Gasteiger partial charge in [0.25, 0.3) is 0 Å². The molecule has 0 spiro atoms. The van der Waals surface area contributed by atoms with Gasteiger partial charge in [-0.3, -0.25) is 0 Å². The molecular weight excluding hydrogens is 146 g/mol. The van der Waals surface area contributed by atoms with Gasteiger partial charge in [-0.25, -0.2) is 0 Å². The molecule has 0 aliphatic heterocycles. The minimum Gasteiger partial charge on any atom is -0.405 e. The molecule has 2 N–H and O–H groups in total. The summed E-state index contributed by atoms with van der Waals surface area (Å²) in [7, 11) is 0. The van der Waals surface area contributed by atoms with Gasteiger partial charge in [0.15, 0.2) is 0 Å². The predicted molar refractivity (Wildman–Crippen MR) is 53.5 cm³/mol. The first-order chi connectivity index (χ1) is 5.88. The van der Waals surface area contributed by atoms with Gasteiger partial charge >= 0.3 is 0 Å². The molecule has 0 saturated carbocycles. The normalized spacial score (nSPS) is 20.4. The van der Waals surface area contributed by atoms with Crippen molar-refractivity contribution in [3.63, 3.8) is 0 Å². The van der Waals surface area contributed by atoms with Crippen LogP contribution in [-0.2, 0) is 0 Å². The lowest BCUT2D eigenvalue weighted by Gasteiger charge is -2.06. The third kappa shape index (κ3) is 2.12. The summed E-state index contributed by atoms with van der Waals surface area (Å²) in [6.45, 7) is 2.15. The zero-order valence-corrected chi connectivity index (χ0v) is 7.46. The molecule has 0 unspecified atom stereocenters. The number of hydrogen-bond acceptors (Lipinski definition) is 1. The van der Waals surface area contributed by atoms with E-state index in [0.717, 1.165) is 12.8 Å². The highest BCUT2D eigenvalue weighted by atomic mass is 14.5. The van der Waals surface area contributed by atoms with E-state index in [1.807, 2.05) is 6.08 Å². The lowest BCUT2D eigenvalue weighted by molar-refractivity contribution is 1.08. The molecule has 0 heterocycles. The van der Waals surface area contributed by atoms with E-state index < -0.39 is 0 Å². The molecular formula is C11H15N. The molecule has 0 fully saturated rings. The molecule has 0 radical (unpaired) electrons. The minimum atomic E-state index is 1.03. The summed E-state index contributed by atoms with van der Waals surface area (Å²) in [6.07, 6.45) is 14.1. The highest BCUT2D eigenvalue weighted by molar-refractivity contribution is 5.38. The Morgan fingerprint density at radius 2 is 2.42 bits per heavy atom. The Bertz CT molecular complexity index is 254. The van der Waals surface area contributed by atoms with Crippen molar-refractivity contribution < 1.29 is 0 Å². The first-order valence-electron chi connectivity index (χ1n) is 4.32. The van der Waals surface area contributed by atoms with Crippen LogP contribution < -0.4 is 5.73 Å². The first kappa shape index (κ1) is 8.85. The Balaban J connectivity index is 2.85. The highest BCUT2D eigenvalue weighted by Gasteiger charge is 1.99. The largest absolute Gasteiger partial charge is 0.405 e. The molecule has 0 aromatic rings. The lowest BCUT2D eigenvalue weighted by Crippen LogP contribution is -1.89. The Morgan fingerprint density at radius 1 is 1.58 bits per heavy atom. The standard InChI is InChI=1S/C11H15N/c1-2-10(8-9-12)11-6-4-3-5-7-11/h3-6,8-9H,2,7,12H2,1H3/b9-8-,11-10-. The Kier molecular flexibility index (Phi) is 3.39. The van der Waals surface area contributed by atoms with E-state index in [4.69, 9.17) is 5.73 Å². The minimum absolute atomic E-state index is 1.03. The Morgan fingerprint density at radius 3 is 2.92 bits per heavy atom. The summed E-state index contributed by atoms with van der Waals surface area (Å²) in [5.41, 5.74) is 8.06. The average molecular weight is 161 g/mol. The Labute approximate surface area is 74.0 Å². The van der Waals surface area contributed by atoms with Crippen LogP contribution in [0.25, 0.3) is 0 Å². The SMILES string of the molecule is CCC(/C=C\N)=C1\C=CC=CC1. The van der Waals surface area contributed by atoms with Gasteiger partial charge in [0.2, 0.25) is 0 Å². The van der Waals surface area contributed by atoms with Crippen LogP contribution in [0.15, 0.2) is 47.7 Å². The van der Waals surface area contributed by atoms with E-state index in [1.54, 1.807) is 6.20 Å². The van der Waals surface area contributed by atoms with Crippen LogP contribution in [-0.4, -0.2) is 0 Å². The predicted octanol–water partition coefficient (Wildman–Crippen LogP) is 2.68. The fourth-order valence-corrected chi connectivity index (χ4v) is 1.32. The topological polar surface area (TPSA) is 26.0 Å². The van der Waals surface area contributed by atoms with Crippen LogP contribution in [0.4, 0.5) is 0 Å². The van der Waals surface area contributed by atoms with Crippen LogP contribution in [0.1, 0.15) is 19.8 Å². The van der Waals surface area contributed by atoms with E-state index >= 15 is 0 Å². The second-order valence-electron chi connectivity index (χ2n) is 2.75. The fourth-order valence-electron chi connectivity index (χ4n) is 1.32. The lowest BCUT2D eigenvalue weighted by atomic mass is 9.99. The van der Waals surface area contributed by atoms with E-state index in [2.05, 4.69) is 31.2 Å². The van der Waals surface area contributed by atoms with Crippen molar-refractivity contribution in [3.05, 3.63) is 47.7 Å². The zero-order valence-electron chi connectivity index (χ0n) is 7.46. The van der Waals surface area contributed by atoms with Gasteiger partial charge in [0.05, 0.1) is 0 Å². The highest BCUT2D eigenvalue weighted by Crippen LogP contribution is 2.18. The van der Waals surface area contributed by atoms with Crippen molar-refractivity contribution in [3.8, 4) is 0 Å². The van der Waals surface area contributed by atoms with Crippen LogP contribution in [0.3, 0.4) is 0 Å². The molecule has 1 aliphatic rings. The molecule has 1 aliphatic carbocycles. The molecule has 0 aromatic carbocycles. The van der Waals surface area contributed by atoms with Crippen molar-refractivity contribution in [2.75, 3.05) is 0 Å². The van der Waals surface area contributed by atoms with Crippen molar-refractivity contribution in [1.29, 1.82) is 0 Å². The van der Waals surface area contributed by atoms with Crippen LogP contribution >= 0.6 is 0 Å². The molecule has 0 amide bonds. The van der Waals surface area contributed by atoms with Gasteiger partial charge in [0, 0.05) is 0 Å². The third-order valence-electron chi connectivity index (χ3n) is 1.97. The second-order valence-corrected chi connectivity index (χ2v) is 2.75. The van der Waals surface area contributed by atoms with Gasteiger partial charge in [-0.2, -0.15) is 0 Å². The van der Waals surface area contributed by atoms with Gasteiger partial charge < -0.3 is 5.73 Å². The summed E-state index contributed by atoms with van der Waals surface area (Å²) in [6, 6.07) is 0. The van der Waals surface area contributed by atoms with Gasteiger partial charge in [-0.05, 0) is 36.3 Å². The maximum atomic E-state index is 5.35. The molecule has 1 nitrogen and oxygen atoms in total. The van der Waals surface area contributed by atoms with E-state index in [0.29, 0.717) is 0 Å². The molecule has 0 bridgehead atoms. The summed E-state index contributed by atoms with van der Waals surface area (Å²) >= 11 is 0. The third-order valence-corrected chi connectivity index (χ3v) is 1.97. The maximum Gasteiger partial charge on any atom is -0.00595 e. The number of nitrogens with two attached hydrogens (primary N) is 1. The van der Waals surface area contributed by atoms with Crippen LogP contribution in [0, 0.1) is 0 Å². The van der Waals surface area contributed by atoms with Crippen LogP contribution in [0.2, 0.25) is 0 Å². The summed E-state index contributed by atoms with van der Waals surface area (Å²) in [4.78, 5) is 0. The zero-order chi connectivity index (χ0) is 8.81. The van der Waals surface area contributed by atoms with E-state index in [9.17, 15) is 0 Å². The molecule has 0 aromatic heterocycles. The monoisotopic (exact) mass is 161 g/mol. The van der Waals surface area contributed by atoms with Crippen molar-refractivity contribution in [1.82, 2.24) is 0 Å².